The Hall–Kier alpha value is -0.570. The molecule has 2 N–H and O–H groups in total. The molecule has 1 amide bonds. The van der Waals surface area contributed by atoms with E-state index in [1.54, 1.807) is 0 Å². The van der Waals surface area contributed by atoms with Gasteiger partial charge in [-0.15, -0.1) is 0 Å². The van der Waals surface area contributed by atoms with Crippen LogP contribution in [-0.2, 0) is 4.79 Å². The van der Waals surface area contributed by atoms with Crippen molar-refractivity contribution in [1.82, 2.24) is 10.6 Å². The maximum Gasteiger partial charge on any atom is 0.222 e. The van der Waals surface area contributed by atoms with E-state index in [0.717, 1.165) is 19.6 Å². The van der Waals surface area contributed by atoms with Crippen LogP contribution in [0.2, 0.25) is 0 Å². The van der Waals surface area contributed by atoms with Crippen molar-refractivity contribution >= 4 is 5.91 Å². The Morgan fingerprint density at radius 3 is 2.64 bits per heavy atom. The molecule has 0 saturated carbocycles. The minimum absolute atomic E-state index is 0.114. The van der Waals surface area contributed by atoms with E-state index >= 15 is 0 Å². The van der Waals surface area contributed by atoms with E-state index in [9.17, 15) is 4.79 Å². The highest BCUT2D eigenvalue weighted by Crippen LogP contribution is 2.00. The topological polar surface area (TPSA) is 41.1 Å². The highest BCUT2D eigenvalue weighted by molar-refractivity contribution is 5.77. The van der Waals surface area contributed by atoms with Crippen LogP contribution in [0.15, 0.2) is 0 Å². The van der Waals surface area contributed by atoms with Crippen molar-refractivity contribution in [2.75, 3.05) is 19.6 Å². The number of rotatable bonds is 3. The van der Waals surface area contributed by atoms with Gasteiger partial charge in [0.15, 0.2) is 0 Å². The first kappa shape index (κ1) is 8.53. The summed E-state index contributed by atoms with van der Waals surface area (Å²) in [4.78, 5) is 11.1. The highest BCUT2D eigenvalue weighted by atomic mass is 16.1. The lowest BCUT2D eigenvalue weighted by atomic mass is 10.0. The number of amides is 1. The van der Waals surface area contributed by atoms with Crippen molar-refractivity contribution in [1.29, 1.82) is 0 Å². The Morgan fingerprint density at radius 1 is 1.64 bits per heavy atom. The number of hydrogen-bond acceptors (Lipinski definition) is 2. The predicted molar refractivity (Wildman–Crippen MR) is 44.2 cm³/mol. The SMILES string of the molecule is CC(C)C(=O)NCC1CNC1. The summed E-state index contributed by atoms with van der Waals surface area (Å²) in [5.74, 6) is 0.942. The molecule has 0 aromatic carbocycles. The highest BCUT2D eigenvalue weighted by Gasteiger charge is 2.17. The molecule has 1 saturated heterocycles. The first-order chi connectivity index (χ1) is 5.20. The van der Waals surface area contributed by atoms with Crippen LogP contribution in [0.25, 0.3) is 0 Å². The number of carbonyl (C=O) groups excluding carboxylic acids is 1. The summed E-state index contributed by atoms with van der Waals surface area (Å²) in [7, 11) is 0. The maximum absolute atomic E-state index is 11.1. The average Bonchev–Trinajstić information content (AvgIpc) is 1.83. The zero-order valence-electron chi connectivity index (χ0n) is 7.18. The Labute approximate surface area is 67.5 Å². The molecule has 0 radical (unpaired) electrons. The lowest BCUT2D eigenvalue weighted by Gasteiger charge is -2.27. The molecule has 0 aromatic rings. The second-order valence-electron chi connectivity index (χ2n) is 3.42. The molecule has 0 aromatic heterocycles. The molecule has 1 fully saturated rings. The van der Waals surface area contributed by atoms with E-state index in [1.807, 2.05) is 13.8 Å². The van der Waals surface area contributed by atoms with Crippen molar-refractivity contribution in [2.24, 2.45) is 11.8 Å². The van der Waals surface area contributed by atoms with Crippen molar-refractivity contribution in [3.63, 3.8) is 0 Å². The Morgan fingerprint density at radius 2 is 2.27 bits per heavy atom. The summed E-state index contributed by atoms with van der Waals surface area (Å²) in [6.07, 6.45) is 0. The van der Waals surface area contributed by atoms with Gasteiger partial charge >= 0.3 is 0 Å². The van der Waals surface area contributed by atoms with Crippen LogP contribution in [0.3, 0.4) is 0 Å². The van der Waals surface area contributed by atoms with Crippen molar-refractivity contribution < 1.29 is 4.79 Å². The van der Waals surface area contributed by atoms with Crippen molar-refractivity contribution in [3.8, 4) is 0 Å². The Balaban J connectivity index is 2.06. The fourth-order valence-electron chi connectivity index (χ4n) is 0.942. The lowest BCUT2D eigenvalue weighted by Crippen LogP contribution is -2.48. The van der Waals surface area contributed by atoms with Gasteiger partial charge in [0.1, 0.15) is 0 Å². The standard InChI is InChI=1S/C8H16N2O/c1-6(2)8(11)10-5-7-3-9-4-7/h6-7,9H,3-5H2,1-2H3,(H,10,11). The summed E-state index contributed by atoms with van der Waals surface area (Å²) < 4.78 is 0. The summed E-state index contributed by atoms with van der Waals surface area (Å²) in [5.41, 5.74) is 0. The molecule has 3 nitrogen and oxygen atoms in total. The van der Waals surface area contributed by atoms with Crippen LogP contribution in [0.5, 0.6) is 0 Å². The van der Waals surface area contributed by atoms with Crippen LogP contribution in [0.1, 0.15) is 13.8 Å². The van der Waals surface area contributed by atoms with E-state index in [4.69, 9.17) is 0 Å². The molecule has 0 aliphatic carbocycles. The average molecular weight is 156 g/mol. The second-order valence-corrected chi connectivity index (χ2v) is 3.42. The molecular formula is C8H16N2O. The van der Waals surface area contributed by atoms with E-state index in [0.29, 0.717) is 5.92 Å². The first-order valence-corrected chi connectivity index (χ1v) is 4.18. The van der Waals surface area contributed by atoms with E-state index < -0.39 is 0 Å². The minimum Gasteiger partial charge on any atom is -0.356 e. The molecule has 0 atom stereocenters. The summed E-state index contributed by atoms with van der Waals surface area (Å²) in [6, 6.07) is 0. The molecule has 0 unspecified atom stereocenters. The van der Waals surface area contributed by atoms with Gasteiger partial charge in [0, 0.05) is 31.5 Å². The van der Waals surface area contributed by atoms with Gasteiger partial charge in [-0.3, -0.25) is 4.79 Å². The van der Waals surface area contributed by atoms with Crippen LogP contribution < -0.4 is 10.6 Å². The summed E-state index contributed by atoms with van der Waals surface area (Å²) in [6.45, 7) is 6.77. The summed E-state index contributed by atoms with van der Waals surface area (Å²) in [5, 5.41) is 6.07. The third-order valence-electron chi connectivity index (χ3n) is 1.96. The van der Waals surface area contributed by atoms with Crippen molar-refractivity contribution in [2.45, 2.75) is 13.8 Å². The van der Waals surface area contributed by atoms with Gasteiger partial charge in [0.05, 0.1) is 0 Å². The molecule has 3 heteroatoms. The molecule has 1 heterocycles. The third-order valence-corrected chi connectivity index (χ3v) is 1.96. The number of carbonyl (C=O) groups is 1. The van der Waals surface area contributed by atoms with E-state index in [-0.39, 0.29) is 11.8 Å². The Bertz CT molecular complexity index is 141. The number of nitrogens with one attached hydrogen (secondary N) is 2. The monoisotopic (exact) mass is 156 g/mol. The van der Waals surface area contributed by atoms with Crippen LogP contribution in [-0.4, -0.2) is 25.5 Å². The molecule has 1 aliphatic heterocycles. The molecule has 0 spiro atoms. The van der Waals surface area contributed by atoms with Crippen LogP contribution in [0, 0.1) is 11.8 Å². The zero-order valence-corrected chi connectivity index (χ0v) is 7.18. The van der Waals surface area contributed by atoms with E-state index in [1.165, 1.54) is 0 Å². The van der Waals surface area contributed by atoms with Gasteiger partial charge in [0.25, 0.3) is 0 Å². The zero-order chi connectivity index (χ0) is 8.27. The Kier molecular flexibility index (Phi) is 2.88. The first-order valence-electron chi connectivity index (χ1n) is 4.18. The van der Waals surface area contributed by atoms with E-state index in [2.05, 4.69) is 10.6 Å². The quantitative estimate of drug-likeness (QED) is 0.603. The van der Waals surface area contributed by atoms with Gasteiger partial charge in [-0.1, -0.05) is 13.8 Å². The van der Waals surface area contributed by atoms with Crippen molar-refractivity contribution in [3.05, 3.63) is 0 Å². The van der Waals surface area contributed by atoms with Crippen LogP contribution in [0.4, 0.5) is 0 Å². The molecule has 0 bridgehead atoms. The molecule has 1 rings (SSSR count). The van der Waals surface area contributed by atoms with Gasteiger partial charge in [0.2, 0.25) is 5.91 Å². The fraction of sp³-hybridized carbons (Fsp3) is 0.875. The van der Waals surface area contributed by atoms with Gasteiger partial charge in [-0.2, -0.15) is 0 Å². The minimum atomic E-state index is 0.114. The number of hydrogen-bond donors (Lipinski definition) is 2. The smallest absolute Gasteiger partial charge is 0.222 e. The lowest BCUT2D eigenvalue weighted by molar-refractivity contribution is -0.124. The van der Waals surface area contributed by atoms with Gasteiger partial charge in [-0.05, 0) is 0 Å². The second kappa shape index (κ2) is 3.72. The molecule has 1 aliphatic rings. The van der Waals surface area contributed by atoms with Gasteiger partial charge < -0.3 is 10.6 Å². The molecular weight excluding hydrogens is 140 g/mol. The van der Waals surface area contributed by atoms with Gasteiger partial charge in [-0.25, -0.2) is 0 Å². The maximum atomic E-state index is 11.1. The van der Waals surface area contributed by atoms with Crippen LogP contribution >= 0.6 is 0 Å². The third kappa shape index (κ3) is 2.50. The molecule has 64 valence electrons. The largest absolute Gasteiger partial charge is 0.356 e. The fourth-order valence-corrected chi connectivity index (χ4v) is 0.942. The summed E-state index contributed by atoms with van der Waals surface area (Å²) >= 11 is 0. The normalized spacial score (nSPS) is 18.1. The predicted octanol–water partition coefficient (Wildman–Crippen LogP) is -0.0220. The molecule has 11 heavy (non-hydrogen) atoms.